The SMILES string of the molecule is O=C(NC(=O)c1c(F)cccc1Cl)NC1=NC(C(F)(F)F)(C(F)(F)F)C(=C(F)C(F)(F)F)S1. The van der Waals surface area contributed by atoms with Crippen molar-refractivity contribution >= 4 is 40.5 Å². The van der Waals surface area contributed by atoms with E-state index < -0.39 is 80.1 Å². The van der Waals surface area contributed by atoms with Crippen LogP contribution in [0.2, 0.25) is 5.02 Å². The Balaban J connectivity index is 2.45. The van der Waals surface area contributed by atoms with Crippen LogP contribution >= 0.6 is 23.4 Å². The highest BCUT2D eigenvalue weighted by Crippen LogP contribution is 2.59. The van der Waals surface area contributed by atoms with Gasteiger partial charge >= 0.3 is 24.6 Å². The average Bonchev–Trinajstić information content (AvgIpc) is 3.00. The maximum absolute atomic E-state index is 13.7. The van der Waals surface area contributed by atoms with E-state index in [1.165, 1.54) is 5.32 Å². The van der Waals surface area contributed by atoms with Crippen LogP contribution in [0.3, 0.4) is 0 Å². The molecule has 1 aromatic rings. The Morgan fingerprint density at radius 1 is 1.00 bits per heavy atom. The maximum Gasteiger partial charge on any atom is 0.443 e. The number of rotatable bonds is 1. The molecule has 2 rings (SSSR count). The molecule has 0 saturated carbocycles. The summed E-state index contributed by atoms with van der Waals surface area (Å²) in [6.07, 6.45) is -19.5. The number of carbonyl (C=O) groups is 2. The number of benzene rings is 1. The molecule has 0 spiro atoms. The van der Waals surface area contributed by atoms with Gasteiger partial charge in [-0.1, -0.05) is 29.4 Å². The van der Waals surface area contributed by atoms with E-state index in [-0.39, 0.29) is 0 Å². The number of urea groups is 1. The molecule has 0 aliphatic carbocycles. The number of thioether (sulfide) groups is 1. The normalized spacial score (nSPS) is 18.0. The van der Waals surface area contributed by atoms with Crippen molar-refractivity contribution in [1.82, 2.24) is 10.6 Å². The number of imide groups is 1. The number of amides is 3. The number of amidine groups is 1. The van der Waals surface area contributed by atoms with Crippen LogP contribution in [0.25, 0.3) is 0 Å². The van der Waals surface area contributed by atoms with E-state index in [9.17, 15) is 57.9 Å². The van der Waals surface area contributed by atoms with Gasteiger partial charge in [0, 0.05) is 0 Å². The van der Waals surface area contributed by atoms with Crippen molar-refractivity contribution in [2.24, 2.45) is 4.99 Å². The Morgan fingerprint density at radius 3 is 2.00 bits per heavy atom. The van der Waals surface area contributed by atoms with Gasteiger partial charge in [-0.05, 0) is 12.1 Å². The number of alkyl halides is 9. The molecule has 3 amide bonds. The fourth-order valence-corrected chi connectivity index (χ4v) is 3.73. The first-order chi connectivity index (χ1) is 14.8. The molecule has 0 saturated heterocycles. The van der Waals surface area contributed by atoms with Crippen LogP contribution in [-0.4, -0.2) is 41.2 Å². The second-order valence-corrected chi connectivity index (χ2v) is 7.28. The van der Waals surface area contributed by atoms with Crippen LogP contribution in [-0.2, 0) is 0 Å². The van der Waals surface area contributed by atoms with Crippen molar-refractivity contribution in [3.8, 4) is 0 Å². The average molecular weight is 536 g/mol. The Labute approximate surface area is 184 Å². The molecule has 18 heteroatoms. The summed E-state index contributed by atoms with van der Waals surface area (Å²) in [5.74, 6) is -6.64. The lowest BCUT2D eigenvalue weighted by Crippen LogP contribution is -2.55. The highest BCUT2D eigenvalue weighted by molar-refractivity contribution is 8.17. The molecular formula is C15H5ClF11N3O2S. The molecule has 0 fully saturated rings. The molecule has 0 unspecified atom stereocenters. The van der Waals surface area contributed by atoms with Gasteiger partial charge < -0.3 is 0 Å². The molecule has 5 nitrogen and oxygen atoms in total. The number of hydrogen-bond acceptors (Lipinski definition) is 4. The zero-order chi connectivity index (χ0) is 25.6. The number of halogens is 12. The third kappa shape index (κ3) is 5.02. The second-order valence-electron chi connectivity index (χ2n) is 5.87. The smallest absolute Gasteiger partial charge is 0.286 e. The van der Waals surface area contributed by atoms with Crippen molar-refractivity contribution in [2.75, 3.05) is 0 Å². The van der Waals surface area contributed by atoms with Crippen LogP contribution < -0.4 is 10.6 Å². The number of allylic oxidation sites excluding steroid dienone is 1. The summed E-state index contributed by atoms with van der Waals surface area (Å²) in [6, 6.07) is 0.826. The monoisotopic (exact) mass is 535 g/mol. The van der Waals surface area contributed by atoms with Gasteiger partial charge in [-0.25, -0.2) is 18.6 Å². The predicted octanol–water partition coefficient (Wildman–Crippen LogP) is 5.63. The highest BCUT2D eigenvalue weighted by atomic mass is 35.5. The molecule has 1 aromatic carbocycles. The van der Waals surface area contributed by atoms with E-state index in [1.54, 1.807) is 0 Å². The van der Waals surface area contributed by atoms with Crippen LogP contribution in [0.1, 0.15) is 10.4 Å². The Hall–Kier alpha value is -2.56. The van der Waals surface area contributed by atoms with Crippen molar-refractivity contribution in [3.63, 3.8) is 0 Å². The molecule has 2 N–H and O–H groups in total. The standard InChI is InChI=1S/C15H5ClF11N3O2S/c16-4-2-1-3-5(17)6(4)9(31)28-10(32)29-11-30-12(14(22,23)24,15(25,26)27)8(33-11)7(18)13(19,20)21/h1-3H,(H2,28,29,30,31,32). The molecule has 1 aliphatic rings. The van der Waals surface area contributed by atoms with Gasteiger partial charge in [0.2, 0.25) is 5.83 Å². The largest absolute Gasteiger partial charge is 0.443 e. The lowest BCUT2D eigenvalue weighted by Gasteiger charge is -2.31. The third-order valence-electron chi connectivity index (χ3n) is 3.70. The molecular weight excluding hydrogens is 531 g/mol. The summed E-state index contributed by atoms with van der Waals surface area (Å²) in [5.41, 5.74) is -6.65. The van der Waals surface area contributed by atoms with Gasteiger partial charge in [0.25, 0.3) is 11.4 Å². The van der Waals surface area contributed by atoms with Gasteiger partial charge in [0.1, 0.15) is 5.82 Å². The van der Waals surface area contributed by atoms with E-state index in [2.05, 4.69) is 4.99 Å². The molecule has 182 valence electrons. The zero-order valence-corrected chi connectivity index (χ0v) is 16.5. The summed E-state index contributed by atoms with van der Waals surface area (Å²) >= 11 is 4.42. The number of hydrogen-bond donors (Lipinski definition) is 2. The van der Waals surface area contributed by atoms with Crippen LogP contribution in [0.15, 0.2) is 33.9 Å². The number of nitrogens with zero attached hydrogens (tertiary/aromatic N) is 1. The van der Waals surface area contributed by atoms with Gasteiger partial charge in [0.05, 0.1) is 15.5 Å². The Kier molecular flexibility index (Phi) is 7.00. The van der Waals surface area contributed by atoms with Crippen LogP contribution in [0, 0.1) is 5.82 Å². The predicted molar refractivity (Wildman–Crippen MR) is 91.5 cm³/mol. The minimum absolute atomic E-state index is 0.543. The van der Waals surface area contributed by atoms with Crippen molar-refractivity contribution in [3.05, 3.63) is 45.3 Å². The highest BCUT2D eigenvalue weighted by Gasteiger charge is 2.77. The minimum atomic E-state index is -6.63. The van der Waals surface area contributed by atoms with Crippen molar-refractivity contribution in [1.29, 1.82) is 0 Å². The van der Waals surface area contributed by atoms with Gasteiger partial charge in [-0.3, -0.25) is 15.4 Å². The molecule has 1 aliphatic heterocycles. The van der Waals surface area contributed by atoms with E-state index in [0.717, 1.165) is 17.4 Å². The van der Waals surface area contributed by atoms with E-state index in [1.807, 2.05) is 0 Å². The third-order valence-corrected chi connectivity index (χ3v) is 5.08. The summed E-state index contributed by atoms with van der Waals surface area (Å²) in [4.78, 5) is 22.8. The number of aliphatic imine (C=N–C) groups is 1. The molecule has 0 aromatic heterocycles. The Bertz CT molecular complexity index is 1010. The fraction of sp³-hybridized carbons (Fsp3) is 0.267. The molecule has 0 radical (unpaired) electrons. The maximum atomic E-state index is 13.7. The summed E-state index contributed by atoms with van der Waals surface area (Å²) < 4.78 is 145. The first kappa shape index (κ1) is 26.7. The van der Waals surface area contributed by atoms with Crippen LogP contribution in [0.5, 0.6) is 0 Å². The van der Waals surface area contributed by atoms with Crippen molar-refractivity contribution in [2.45, 2.75) is 24.1 Å². The first-order valence-corrected chi connectivity index (χ1v) is 8.97. The van der Waals surface area contributed by atoms with Gasteiger partial charge in [-0.15, -0.1) is 0 Å². The quantitative estimate of drug-likeness (QED) is 0.458. The van der Waals surface area contributed by atoms with E-state index >= 15 is 0 Å². The minimum Gasteiger partial charge on any atom is -0.286 e. The van der Waals surface area contributed by atoms with E-state index in [4.69, 9.17) is 11.6 Å². The first-order valence-electron chi connectivity index (χ1n) is 7.78. The molecule has 1 heterocycles. The zero-order valence-electron chi connectivity index (χ0n) is 14.9. The number of carbonyl (C=O) groups excluding carboxylic acids is 2. The Morgan fingerprint density at radius 2 is 1.55 bits per heavy atom. The second kappa shape index (κ2) is 8.66. The lowest BCUT2D eigenvalue weighted by molar-refractivity contribution is -0.280. The number of nitrogens with one attached hydrogen (secondary N) is 2. The van der Waals surface area contributed by atoms with Gasteiger partial charge in [-0.2, -0.15) is 39.5 Å². The molecule has 0 atom stereocenters. The van der Waals surface area contributed by atoms with Gasteiger partial charge in [0.15, 0.2) is 5.17 Å². The summed E-state index contributed by atoms with van der Waals surface area (Å²) in [5, 5.41) is 0.113. The van der Waals surface area contributed by atoms with Crippen molar-refractivity contribution < 1.29 is 57.9 Å². The molecule has 33 heavy (non-hydrogen) atoms. The molecule has 0 bridgehead atoms. The van der Waals surface area contributed by atoms with Crippen LogP contribution in [0.4, 0.5) is 53.1 Å². The lowest BCUT2D eigenvalue weighted by atomic mass is 9.97. The van der Waals surface area contributed by atoms with E-state index in [0.29, 0.717) is 6.07 Å². The summed E-state index contributed by atoms with van der Waals surface area (Å²) in [6.45, 7) is 0. The fourth-order valence-electron chi connectivity index (χ4n) is 2.34. The summed E-state index contributed by atoms with van der Waals surface area (Å²) in [7, 11) is 0. The topological polar surface area (TPSA) is 70.6 Å².